The lowest BCUT2D eigenvalue weighted by atomic mass is 10.1. The topological polar surface area (TPSA) is 38.3 Å². The molecule has 1 amide bonds. The molecule has 0 saturated carbocycles. The summed E-state index contributed by atoms with van der Waals surface area (Å²) in [4.78, 5) is 10.7. The lowest BCUT2D eigenvalue weighted by molar-refractivity contribution is 0.177. The normalized spacial score (nSPS) is 21.0. The molecule has 13 heavy (non-hydrogen) atoms. The Morgan fingerprint density at radius 2 is 2.23 bits per heavy atom. The largest absolute Gasteiger partial charge is 0.447 e. The fourth-order valence-electron chi connectivity index (χ4n) is 1.31. The van der Waals surface area contributed by atoms with Crippen LogP contribution in [0.4, 0.5) is 9.18 Å². The van der Waals surface area contributed by atoms with Gasteiger partial charge in [-0.15, -0.1) is 0 Å². The molecule has 1 atom stereocenters. The zero-order valence-electron chi connectivity index (χ0n) is 6.79. The molecule has 1 saturated heterocycles. The molecule has 1 fully saturated rings. The van der Waals surface area contributed by atoms with E-state index in [1.807, 2.05) is 0 Å². The second-order valence-electron chi connectivity index (χ2n) is 2.82. The molecule has 0 spiro atoms. The van der Waals surface area contributed by atoms with Crippen LogP contribution in [0.1, 0.15) is 11.6 Å². The van der Waals surface area contributed by atoms with Crippen LogP contribution in [0.5, 0.6) is 0 Å². The number of alkyl carbamates (subject to hydrolysis) is 1. The number of rotatable bonds is 1. The Labute approximate surface area is 74.5 Å². The van der Waals surface area contributed by atoms with Gasteiger partial charge in [-0.1, -0.05) is 18.2 Å². The molecule has 1 aliphatic rings. The summed E-state index contributed by atoms with van der Waals surface area (Å²) in [5, 5.41) is 2.51. The zero-order valence-corrected chi connectivity index (χ0v) is 6.79. The molecule has 3 nitrogen and oxygen atoms in total. The average molecular weight is 181 g/mol. The summed E-state index contributed by atoms with van der Waals surface area (Å²) in [7, 11) is 0. The fraction of sp³-hybridized carbons (Fsp3) is 0.222. The molecule has 1 heterocycles. The van der Waals surface area contributed by atoms with Crippen molar-refractivity contribution in [2.24, 2.45) is 0 Å². The summed E-state index contributed by atoms with van der Waals surface area (Å²) >= 11 is 0. The van der Waals surface area contributed by atoms with E-state index in [2.05, 4.69) is 10.1 Å². The van der Waals surface area contributed by atoms with Crippen LogP contribution in [0.3, 0.4) is 0 Å². The number of amides is 1. The van der Waals surface area contributed by atoms with Gasteiger partial charge in [0.1, 0.15) is 12.4 Å². The molecular formula is C9H8FNO2. The first-order chi connectivity index (χ1) is 6.27. The van der Waals surface area contributed by atoms with Gasteiger partial charge in [0, 0.05) is 5.56 Å². The first-order valence-electron chi connectivity index (χ1n) is 3.95. The molecule has 1 N–H and O–H groups in total. The Bertz CT molecular complexity index is 340. The number of ether oxygens (including phenoxy) is 1. The molecule has 2 rings (SSSR count). The van der Waals surface area contributed by atoms with Crippen molar-refractivity contribution in [3.8, 4) is 0 Å². The van der Waals surface area contributed by atoms with Gasteiger partial charge in [0.05, 0.1) is 6.04 Å². The monoisotopic (exact) mass is 181 g/mol. The maximum Gasteiger partial charge on any atom is 0.407 e. The quantitative estimate of drug-likeness (QED) is 0.714. The number of benzene rings is 1. The summed E-state index contributed by atoms with van der Waals surface area (Å²) in [5.41, 5.74) is 0.466. The van der Waals surface area contributed by atoms with Gasteiger partial charge in [0.2, 0.25) is 0 Å². The van der Waals surface area contributed by atoms with Crippen LogP contribution in [0.25, 0.3) is 0 Å². The Morgan fingerprint density at radius 3 is 2.85 bits per heavy atom. The molecule has 0 unspecified atom stereocenters. The molecule has 0 aromatic heterocycles. The van der Waals surface area contributed by atoms with Crippen LogP contribution < -0.4 is 5.32 Å². The summed E-state index contributed by atoms with van der Waals surface area (Å²) in [5.74, 6) is -0.321. The van der Waals surface area contributed by atoms with Crippen molar-refractivity contribution in [1.29, 1.82) is 0 Å². The lowest BCUT2D eigenvalue weighted by Gasteiger charge is -2.07. The summed E-state index contributed by atoms with van der Waals surface area (Å²) in [6.45, 7) is 0.194. The second kappa shape index (κ2) is 3.05. The third kappa shape index (κ3) is 1.47. The molecule has 0 aliphatic carbocycles. The number of halogens is 1. The van der Waals surface area contributed by atoms with E-state index >= 15 is 0 Å². The number of hydrogen-bond acceptors (Lipinski definition) is 2. The van der Waals surface area contributed by atoms with Crippen molar-refractivity contribution >= 4 is 6.09 Å². The first kappa shape index (κ1) is 8.04. The zero-order chi connectivity index (χ0) is 9.26. The third-order valence-corrected chi connectivity index (χ3v) is 1.95. The highest BCUT2D eigenvalue weighted by Gasteiger charge is 2.25. The van der Waals surface area contributed by atoms with Crippen molar-refractivity contribution in [3.05, 3.63) is 35.6 Å². The van der Waals surface area contributed by atoms with E-state index in [0.29, 0.717) is 5.56 Å². The van der Waals surface area contributed by atoms with E-state index in [4.69, 9.17) is 0 Å². The van der Waals surface area contributed by atoms with Crippen molar-refractivity contribution in [1.82, 2.24) is 5.32 Å². The van der Waals surface area contributed by atoms with Crippen LogP contribution in [0, 0.1) is 5.82 Å². The van der Waals surface area contributed by atoms with E-state index in [1.165, 1.54) is 6.07 Å². The number of nitrogens with one attached hydrogen (secondary N) is 1. The van der Waals surface area contributed by atoms with E-state index in [9.17, 15) is 9.18 Å². The molecule has 1 aliphatic heterocycles. The molecule has 68 valence electrons. The van der Waals surface area contributed by atoms with Crippen LogP contribution in [0.15, 0.2) is 24.3 Å². The Balaban J connectivity index is 2.26. The van der Waals surface area contributed by atoms with Crippen LogP contribution >= 0.6 is 0 Å². The first-order valence-corrected chi connectivity index (χ1v) is 3.95. The molecule has 1 aromatic carbocycles. The fourth-order valence-corrected chi connectivity index (χ4v) is 1.31. The maximum absolute atomic E-state index is 13.2. The molecule has 4 heteroatoms. The second-order valence-corrected chi connectivity index (χ2v) is 2.82. The van der Waals surface area contributed by atoms with Crippen molar-refractivity contribution < 1.29 is 13.9 Å². The molecule has 0 radical (unpaired) electrons. The minimum absolute atomic E-state index is 0.194. The number of hydrogen-bond donors (Lipinski definition) is 1. The highest BCUT2D eigenvalue weighted by atomic mass is 19.1. The summed E-state index contributed by atoms with van der Waals surface area (Å²) in [6.07, 6.45) is -0.492. The minimum Gasteiger partial charge on any atom is -0.447 e. The highest BCUT2D eigenvalue weighted by molar-refractivity contribution is 5.70. The Morgan fingerprint density at radius 1 is 1.46 bits per heavy atom. The van der Waals surface area contributed by atoms with E-state index in [1.54, 1.807) is 18.2 Å². The predicted octanol–water partition coefficient (Wildman–Crippen LogP) is 1.61. The van der Waals surface area contributed by atoms with Crippen molar-refractivity contribution in [2.45, 2.75) is 6.04 Å². The SMILES string of the molecule is O=C1N[C@H](c2ccccc2F)CO1. The molecule has 1 aromatic rings. The van der Waals surface area contributed by atoms with Gasteiger partial charge in [-0.05, 0) is 6.07 Å². The van der Waals surface area contributed by atoms with Crippen molar-refractivity contribution in [3.63, 3.8) is 0 Å². The van der Waals surface area contributed by atoms with E-state index in [-0.39, 0.29) is 18.5 Å². The van der Waals surface area contributed by atoms with Gasteiger partial charge in [0.25, 0.3) is 0 Å². The van der Waals surface area contributed by atoms with Gasteiger partial charge in [-0.2, -0.15) is 0 Å². The molecule has 0 bridgehead atoms. The van der Waals surface area contributed by atoms with Gasteiger partial charge >= 0.3 is 6.09 Å². The number of cyclic esters (lactones) is 1. The smallest absolute Gasteiger partial charge is 0.407 e. The van der Waals surface area contributed by atoms with Crippen molar-refractivity contribution in [2.75, 3.05) is 6.61 Å². The average Bonchev–Trinajstić information content (AvgIpc) is 2.53. The van der Waals surface area contributed by atoms with E-state index in [0.717, 1.165) is 0 Å². The van der Waals surface area contributed by atoms with Gasteiger partial charge in [-0.25, -0.2) is 9.18 Å². The number of carbonyl (C=O) groups excluding carboxylic acids is 1. The van der Waals surface area contributed by atoms with Gasteiger partial charge < -0.3 is 10.1 Å². The van der Waals surface area contributed by atoms with Gasteiger partial charge in [-0.3, -0.25) is 0 Å². The summed E-state index contributed by atoms with van der Waals surface area (Å²) in [6, 6.07) is 5.97. The highest BCUT2D eigenvalue weighted by Crippen LogP contribution is 2.20. The Hall–Kier alpha value is -1.58. The number of carbonyl (C=O) groups is 1. The summed E-state index contributed by atoms with van der Waals surface area (Å²) < 4.78 is 17.8. The van der Waals surface area contributed by atoms with Crippen LogP contribution in [-0.2, 0) is 4.74 Å². The maximum atomic E-state index is 13.2. The minimum atomic E-state index is -0.492. The standard InChI is InChI=1S/C9H8FNO2/c10-7-4-2-1-3-6(7)8-5-13-9(12)11-8/h1-4,8H,5H2,(H,11,12)/t8-/m0/s1. The predicted molar refractivity (Wildman–Crippen MR) is 43.6 cm³/mol. The van der Waals surface area contributed by atoms with E-state index < -0.39 is 6.09 Å². The third-order valence-electron chi connectivity index (χ3n) is 1.95. The van der Waals surface area contributed by atoms with Crippen LogP contribution in [-0.4, -0.2) is 12.7 Å². The van der Waals surface area contributed by atoms with Gasteiger partial charge in [0.15, 0.2) is 0 Å². The lowest BCUT2D eigenvalue weighted by Crippen LogP contribution is -2.19. The Kier molecular flexibility index (Phi) is 1.88. The van der Waals surface area contributed by atoms with Crippen LogP contribution in [0.2, 0.25) is 0 Å². The molecular weight excluding hydrogens is 173 g/mol.